The highest BCUT2D eigenvalue weighted by Crippen LogP contribution is 2.09. The minimum Gasteiger partial charge on any atom is -0.244 e. The van der Waals surface area contributed by atoms with Gasteiger partial charge in [0.15, 0.2) is 0 Å². The van der Waals surface area contributed by atoms with Gasteiger partial charge in [0, 0.05) is 12.7 Å². The molecule has 1 aromatic carbocycles. The summed E-state index contributed by atoms with van der Waals surface area (Å²) >= 11 is 0. The van der Waals surface area contributed by atoms with E-state index < -0.39 is 10.0 Å². The van der Waals surface area contributed by atoms with Crippen molar-refractivity contribution in [1.82, 2.24) is 9.71 Å². The van der Waals surface area contributed by atoms with Crippen LogP contribution in [-0.2, 0) is 16.4 Å². The van der Waals surface area contributed by atoms with Gasteiger partial charge in [0.1, 0.15) is 16.7 Å². The Kier molecular flexibility index (Phi) is 4.68. The van der Waals surface area contributed by atoms with E-state index in [2.05, 4.69) is 9.71 Å². The smallest absolute Gasteiger partial charge is 0.242 e. The summed E-state index contributed by atoms with van der Waals surface area (Å²) in [5.74, 6) is 0. The average molecular weight is 301 g/mol. The molecule has 2 aromatic rings. The molecule has 0 unspecified atom stereocenters. The van der Waals surface area contributed by atoms with E-state index in [0.29, 0.717) is 13.0 Å². The van der Waals surface area contributed by atoms with Crippen molar-refractivity contribution in [2.75, 3.05) is 6.54 Å². The molecule has 0 bridgehead atoms. The van der Waals surface area contributed by atoms with Crippen LogP contribution in [0.4, 0.5) is 0 Å². The number of nitrogens with one attached hydrogen (secondary N) is 1. The predicted octanol–water partition coefficient (Wildman–Crippen LogP) is 1.78. The first-order chi connectivity index (χ1) is 10.0. The van der Waals surface area contributed by atoms with E-state index in [9.17, 15) is 8.42 Å². The summed E-state index contributed by atoms with van der Waals surface area (Å²) in [6.45, 7) is 2.31. The largest absolute Gasteiger partial charge is 0.244 e. The number of nitrogens with zero attached hydrogens (tertiary/aromatic N) is 2. The molecule has 0 aliphatic rings. The van der Waals surface area contributed by atoms with E-state index in [4.69, 9.17) is 5.26 Å². The van der Waals surface area contributed by atoms with Crippen molar-refractivity contribution in [3.63, 3.8) is 0 Å². The Morgan fingerprint density at radius 1 is 1.24 bits per heavy atom. The minimum absolute atomic E-state index is 0.0614. The zero-order valence-electron chi connectivity index (χ0n) is 11.6. The fraction of sp³-hybridized carbons (Fsp3) is 0.200. The van der Waals surface area contributed by atoms with Crippen LogP contribution in [0.1, 0.15) is 16.8 Å². The van der Waals surface area contributed by atoms with Crippen molar-refractivity contribution < 1.29 is 8.42 Å². The van der Waals surface area contributed by atoms with Crippen molar-refractivity contribution in [2.45, 2.75) is 18.2 Å². The van der Waals surface area contributed by atoms with Crippen LogP contribution in [0.5, 0.6) is 0 Å². The lowest BCUT2D eigenvalue weighted by atomic mass is 10.1. The van der Waals surface area contributed by atoms with Crippen LogP contribution in [0.15, 0.2) is 47.5 Å². The van der Waals surface area contributed by atoms with Gasteiger partial charge in [-0.15, -0.1) is 0 Å². The zero-order chi connectivity index (χ0) is 15.3. The maximum absolute atomic E-state index is 12.1. The fourth-order valence-electron chi connectivity index (χ4n) is 1.90. The van der Waals surface area contributed by atoms with Gasteiger partial charge >= 0.3 is 0 Å². The molecule has 0 aliphatic carbocycles. The third kappa shape index (κ3) is 3.88. The second-order valence-electron chi connectivity index (χ2n) is 4.57. The van der Waals surface area contributed by atoms with Crippen molar-refractivity contribution in [1.29, 1.82) is 5.26 Å². The molecule has 0 saturated carbocycles. The van der Waals surface area contributed by atoms with E-state index in [-0.39, 0.29) is 10.6 Å². The highest BCUT2D eigenvalue weighted by atomic mass is 32.2. The molecule has 108 valence electrons. The first kappa shape index (κ1) is 15.2. The number of nitriles is 1. The second kappa shape index (κ2) is 6.48. The van der Waals surface area contributed by atoms with E-state index in [0.717, 1.165) is 11.1 Å². The van der Waals surface area contributed by atoms with E-state index in [1.54, 1.807) is 0 Å². The van der Waals surface area contributed by atoms with Gasteiger partial charge in [-0.1, -0.05) is 24.3 Å². The lowest BCUT2D eigenvalue weighted by molar-refractivity contribution is 0.581. The van der Waals surface area contributed by atoms with Crippen LogP contribution in [0.2, 0.25) is 0 Å². The molecule has 1 aromatic heterocycles. The molecule has 0 spiro atoms. The third-order valence-electron chi connectivity index (χ3n) is 3.11. The standard InChI is InChI=1S/C15H15N3O2S/c1-12-4-2-3-5-13(12)8-9-18-21(19,20)15-7-6-14(10-16)17-11-15/h2-7,11,18H,8-9H2,1H3. The molecule has 1 heterocycles. The normalized spacial score (nSPS) is 11.0. The Morgan fingerprint density at radius 3 is 2.62 bits per heavy atom. The van der Waals surface area contributed by atoms with Crippen LogP contribution in [0, 0.1) is 18.3 Å². The van der Waals surface area contributed by atoms with Gasteiger partial charge in [-0.25, -0.2) is 18.1 Å². The maximum Gasteiger partial charge on any atom is 0.242 e. The summed E-state index contributed by atoms with van der Waals surface area (Å²) in [6.07, 6.45) is 1.81. The third-order valence-corrected chi connectivity index (χ3v) is 4.56. The number of benzene rings is 1. The summed E-state index contributed by atoms with van der Waals surface area (Å²) in [7, 11) is -3.59. The Balaban J connectivity index is 2.01. The van der Waals surface area contributed by atoms with Crippen LogP contribution in [-0.4, -0.2) is 19.9 Å². The van der Waals surface area contributed by atoms with Crippen molar-refractivity contribution >= 4 is 10.0 Å². The quantitative estimate of drug-likeness (QED) is 0.912. The number of aromatic nitrogens is 1. The monoisotopic (exact) mass is 301 g/mol. The molecule has 21 heavy (non-hydrogen) atoms. The zero-order valence-corrected chi connectivity index (χ0v) is 12.4. The topological polar surface area (TPSA) is 82.9 Å². The van der Waals surface area contributed by atoms with Crippen molar-refractivity contribution in [3.05, 3.63) is 59.4 Å². The second-order valence-corrected chi connectivity index (χ2v) is 6.33. The highest BCUT2D eigenvalue weighted by molar-refractivity contribution is 7.89. The molecule has 0 radical (unpaired) electrons. The molecule has 0 aliphatic heterocycles. The van der Waals surface area contributed by atoms with Gasteiger partial charge in [0.2, 0.25) is 10.0 Å². The molecular formula is C15H15N3O2S. The first-order valence-corrected chi connectivity index (χ1v) is 7.91. The number of pyridine rings is 1. The molecule has 2 rings (SSSR count). The van der Waals surface area contributed by atoms with Gasteiger partial charge in [-0.2, -0.15) is 5.26 Å². The number of aryl methyl sites for hydroxylation is 1. The Labute approximate surface area is 124 Å². The van der Waals surface area contributed by atoms with E-state index in [1.807, 2.05) is 37.3 Å². The van der Waals surface area contributed by atoms with Gasteiger partial charge in [-0.05, 0) is 36.6 Å². The highest BCUT2D eigenvalue weighted by Gasteiger charge is 2.13. The van der Waals surface area contributed by atoms with Crippen molar-refractivity contribution in [2.24, 2.45) is 0 Å². The minimum atomic E-state index is -3.59. The van der Waals surface area contributed by atoms with Crippen molar-refractivity contribution in [3.8, 4) is 6.07 Å². The van der Waals surface area contributed by atoms with E-state index >= 15 is 0 Å². The summed E-state index contributed by atoms with van der Waals surface area (Å²) in [5, 5.41) is 8.65. The molecule has 0 fully saturated rings. The Hall–Kier alpha value is -2.23. The van der Waals surface area contributed by atoms with Crippen LogP contribution in [0.3, 0.4) is 0 Å². The van der Waals surface area contributed by atoms with Crippen LogP contribution in [0.25, 0.3) is 0 Å². The lowest BCUT2D eigenvalue weighted by Crippen LogP contribution is -2.26. The van der Waals surface area contributed by atoms with E-state index in [1.165, 1.54) is 18.3 Å². The molecular weight excluding hydrogens is 286 g/mol. The first-order valence-electron chi connectivity index (χ1n) is 6.43. The van der Waals surface area contributed by atoms with Gasteiger partial charge in [-0.3, -0.25) is 0 Å². The summed E-state index contributed by atoms with van der Waals surface area (Å²) in [4.78, 5) is 3.82. The number of hydrogen-bond acceptors (Lipinski definition) is 4. The number of rotatable bonds is 5. The summed E-state index contributed by atoms with van der Waals surface area (Å²) in [5.41, 5.74) is 2.43. The Morgan fingerprint density at radius 2 is 2.00 bits per heavy atom. The predicted molar refractivity (Wildman–Crippen MR) is 79.0 cm³/mol. The summed E-state index contributed by atoms with van der Waals surface area (Å²) in [6, 6.07) is 12.5. The van der Waals surface area contributed by atoms with Gasteiger partial charge < -0.3 is 0 Å². The molecule has 0 amide bonds. The van der Waals surface area contributed by atoms with Crippen LogP contribution < -0.4 is 4.72 Å². The number of hydrogen-bond donors (Lipinski definition) is 1. The van der Waals surface area contributed by atoms with Gasteiger partial charge in [0.25, 0.3) is 0 Å². The molecule has 0 saturated heterocycles. The van der Waals surface area contributed by atoms with Crippen LogP contribution >= 0.6 is 0 Å². The van der Waals surface area contributed by atoms with Gasteiger partial charge in [0.05, 0.1) is 0 Å². The molecule has 1 N–H and O–H groups in total. The fourth-order valence-corrected chi connectivity index (χ4v) is 2.88. The number of sulfonamides is 1. The maximum atomic E-state index is 12.1. The Bertz CT molecular complexity index is 762. The molecule has 0 atom stereocenters. The average Bonchev–Trinajstić information content (AvgIpc) is 2.49. The SMILES string of the molecule is Cc1ccccc1CCNS(=O)(=O)c1ccc(C#N)nc1. The lowest BCUT2D eigenvalue weighted by Gasteiger charge is -2.08. The molecule has 6 heteroatoms. The molecule has 5 nitrogen and oxygen atoms in total. The summed E-state index contributed by atoms with van der Waals surface area (Å²) < 4.78 is 26.7.